The van der Waals surface area contributed by atoms with Crippen molar-refractivity contribution in [2.75, 3.05) is 4.90 Å². The molecule has 0 fully saturated rings. The van der Waals surface area contributed by atoms with E-state index in [9.17, 15) is 4.39 Å². The zero-order valence-electron chi connectivity index (χ0n) is 11.1. The molecule has 0 radical (unpaired) electrons. The quantitative estimate of drug-likeness (QED) is 0.856. The Hall–Kier alpha value is -1.94. The molecule has 1 aliphatic rings. The first-order valence-electron chi connectivity index (χ1n) is 6.54. The lowest BCUT2D eigenvalue weighted by Gasteiger charge is -2.25. The predicted octanol–water partition coefficient (Wildman–Crippen LogP) is 3.54. The fourth-order valence-electron chi connectivity index (χ4n) is 2.81. The van der Waals surface area contributed by atoms with Gasteiger partial charge in [-0.05, 0) is 43.2 Å². The smallest absolute Gasteiger partial charge is 0.135 e. The number of hydrogen-bond acceptors (Lipinski definition) is 2. The molecule has 0 aliphatic carbocycles. The van der Waals surface area contributed by atoms with Crippen LogP contribution < -0.4 is 10.6 Å². The van der Waals surface area contributed by atoms with Crippen molar-refractivity contribution >= 4 is 28.6 Å². The molecule has 3 rings (SSSR count). The van der Waals surface area contributed by atoms with Crippen LogP contribution in [0.1, 0.15) is 18.1 Å². The number of fused-ring (bicyclic) bond motifs is 1. The van der Waals surface area contributed by atoms with Crippen molar-refractivity contribution in [3.8, 4) is 0 Å². The molecule has 0 amide bonds. The van der Waals surface area contributed by atoms with Gasteiger partial charge < -0.3 is 10.6 Å². The van der Waals surface area contributed by atoms with Crippen molar-refractivity contribution in [2.45, 2.75) is 19.4 Å². The Morgan fingerprint density at radius 2 is 2.05 bits per heavy atom. The summed E-state index contributed by atoms with van der Waals surface area (Å²) >= 11 is 4.84. The van der Waals surface area contributed by atoms with Crippen LogP contribution in [0.4, 0.5) is 15.8 Å². The number of nitrogens with two attached hydrogens (primary N) is 1. The second-order valence-corrected chi connectivity index (χ2v) is 5.52. The summed E-state index contributed by atoms with van der Waals surface area (Å²) in [5.74, 6) is -0.369. The Bertz CT molecular complexity index is 684. The number of rotatable bonds is 2. The molecular weight excluding hydrogens is 271 g/mol. The summed E-state index contributed by atoms with van der Waals surface area (Å²) in [5.41, 5.74) is 9.06. The van der Waals surface area contributed by atoms with Crippen molar-refractivity contribution in [3.63, 3.8) is 0 Å². The number of benzene rings is 2. The molecule has 1 aliphatic heterocycles. The van der Waals surface area contributed by atoms with Crippen LogP contribution >= 0.6 is 12.2 Å². The third-order valence-electron chi connectivity index (χ3n) is 3.70. The molecule has 4 heteroatoms. The Labute approximate surface area is 123 Å². The second-order valence-electron chi connectivity index (χ2n) is 5.08. The standard InChI is InChI=1S/C16H15FN2S/c1-10-8-11-4-2-3-5-15(11)19(10)12-6-7-13(16(18)20)14(17)9-12/h2-7,9-10H,8H2,1H3,(H2,18,20). The molecule has 0 aromatic heterocycles. The van der Waals surface area contributed by atoms with Gasteiger partial charge in [0.25, 0.3) is 0 Å². The van der Waals surface area contributed by atoms with E-state index >= 15 is 0 Å². The summed E-state index contributed by atoms with van der Waals surface area (Å²) in [7, 11) is 0. The van der Waals surface area contributed by atoms with E-state index in [1.807, 2.05) is 18.2 Å². The van der Waals surface area contributed by atoms with E-state index in [4.69, 9.17) is 18.0 Å². The van der Waals surface area contributed by atoms with Gasteiger partial charge in [-0.3, -0.25) is 0 Å². The van der Waals surface area contributed by atoms with Gasteiger partial charge in [0.1, 0.15) is 10.8 Å². The Balaban J connectivity index is 2.06. The molecule has 2 N–H and O–H groups in total. The van der Waals surface area contributed by atoms with Crippen molar-refractivity contribution in [1.82, 2.24) is 0 Å². The number of thiocarbonyl (C=S) groups is 1. The highest BCUT2D eigenvalue weighted by Crippen LogP contribution is 2.38. The van der Waals surface area contributed by atoms with Crippen molar-refractivity contribution in [1.29, 1.82) is 0 Å². The van der Waals surface area contributed by atoms with Gasteiger partial charge in [-0.25, -0.2) is 4.39 Å². The van der Waals surface area contributed by atoms with Crippen LogP contribution in [0, 0.1) is 5.82 Å². The van der Waals surface area contributed by atoms with Gasteiger partial charge in [0, 0.05) is 23.0 Å². The van der Waals surface area contributed by atoms with E-state index in [0.29, 0.717) is 11.6 Å². The van der Waals surface area contributed by atoms with Gasteiger partial charge in [0.05, 0.1) is 0 Å². The summed E-state index contributed by atoms with van der Waals surface area (Å²) in [6.07, 6.45) is 0.967. The average molecular weight is 286 g/mol. The lowest BCUT2D eigenvalue weighted by molar-refractivity contribution is 0.624. The molecule has 1 heterocycles. The Morgan fingerprint density at radius 3 is 2.75 bits per heavy atom. The van der Waals surface area contributed by atoms with E-state index < -0.39 is 0 Å². The minimum absolute atomic E-state index is 0.0870. The molecule has 1 unspecified atom stereocenters. The first-order chi connectivity index (χ1) is 9.58. The van der Waals surface area contributed by atoms with Gasteiger partial charge in [-0.15, -0.1) is 0 Å². The van der Waals surface area contributed by atoms with Crippen LogP contribution in [-0.4, -0.2) is 11.0 Å². The Morgan fingerprint density at radius 1 is 1.30 bits per heavy atom. The highest BCUT2D eigenvalue weighted by Gasteiger charge is 2.27. The molecular formula is C16H15FN2S. The summed E-state index contributed by atoms with van der Waals surface area (Å²) in [6, 6.07) is 13.6. The van der Waals surface area contributed by atoms with Crippen LogP contribution in [0.2, 0.25) is 0 Å². The van der Waals surface area contributed by atoms with Gasteiger partial charge >= 0.3 is 0 Å². The number of halogens is 1. The van der Waals surface area contributed by atoms with Crippen molar-refractivity contribution < 1.29 is 4.39 Å². The van der Waals surface area contributed by atoms with Gasteiger partial charge in [-0.1, -0.05) is 30.4 Å². The fourth-order valence-corrected chi connectivity index (χ4v) is 2.98. The maximum absolute atomic E-state index is 14.1. The predicted molar refractivity (Wildman–Crippen MR) is 84.0 cm³/mol. The number of nitrogens with zero attached hydrogens (tertiary/aromatic N) is 1. The zero-order valence-corrected chi connectivity index (χ0v) is 12.0. The van der Waals surface area contributed by atoms with E-state index in [2.05, 4.69) is 24.0 Å². The molecule has 20 heavy (non-hydrogen) atoms. The molecule has 2 aromatic rings. The monoisotopic (exact) mass is 286 g/mol. The van der Waals surface area contributed by atoms with Crippen LogP contribution in [0.25, 0.3) is 0 Å². The van der Waals surface area contributed by atoms with Gasteiger partial charge in [-0.2, -0.15) is 0 Å². The summed E-state index contributed by atoms with van der Waals surface area (Å²) in [4.78, 5) is 2.24. The molecule has 0 saturated heterocycles. The van der Waals surface area contributed by atoms with Gasteiger partial charge in [0.2, 0.25) is 0 Å². The Kier molecular flexibility index (Phi) is 3.18. The maximum Gasteiger partial charge on any atom is 0.135 e. The van der Waals surface area contributed by atoms with E-state index in [0.717, 1.165) is 17.8 Å². The maximum atomic E-state index is 14.1. The average Bonchev–Trinajstić information content (AvgIpc) is 2.73. The largest absolute Gasteiger partial charge is 0.389 e. The van der Waals surface area contributed by atoms with Crippen LogP contribution in [-0.2, 0) is 6.42 Å². The summed E-state index contributed by atoms with van der Waals surface area (Å²) < 4.78 is 14.1. The molecule has 0 spiro atoms. The topological polar surface area (TPSA) is 29.3 Å². The summed E-state index contributed by atoms with van der Waals surface area (Å²) in [6.45, 7) is 2.14. The van der Waals surface area contributed by atoms with Crippen molar-refractivity contribution in [3.05, 3.63) is 59.4 Å². The van der Waals surface area contributed by atoms with Crippen LogP contribution in [0.15, 0.2) is 42.5 Å². The van der Waals surface area contributed by atoms with Gasteiger partial charge in [0.15, 0.2) is 0 Å². The highest BCUT2D eigenvalue weighted by molar-refractivity contribution is 7.80. The number of hydrogen-bond donors (Lipinski definition) is 1. The third-order valence-corrected chi connectivity index (χ3v) is 3.92. The normalized spacial score (nSPS) is 17.1. The first kappa shape index (κ1) is 13.1. The minimum atomic E-state index is -0.369. The molecule has 102 valence electrons. The number of anilines is 2. The molecule has 2 aromatic carbocycles. The van der Waals surface area contributed by atoms with Crippen LogP contribution in [0.5, 0.6) is 0 Å². The first-order valence-corrected chi connectivity index (χ1v) is 6.95. The van der Waals surface area contributed by atoms with Crippen molar-refractivity contribution in [2.24, 2.45) is 5.73 Å². The fraction of sp³-hybridized carbons (Fsp3) is 0.188. The van der Waals surface area contributed by atoms with E-state index in [1.165, 1.54) is 11.6 Å². The molecule has 2 nitrogen and oxygen atoms in total. The van der Waals surface area contributed by atoms with E-state index in [1.54, 1.807) is 6.07 Å². The SMILES string of the molecule is CC1Cc2ccccc2N1c1ccc(C(N)=S)c(F)c1. The van der Waals surface area contributed by atoms with Crippen LogP contribution in [0.3, 0.4) is 0 Å². The molecule has 1 atom stereocenters. The lowest BCUT2D eigenvalue weighted by atomic mass is 10.1. The number of para-hydroxylation sites is 1. The second kappa shape index (κ2) is 4.87. The zero-order chi connectivity index (χ0) is 14.3. The lowest BCUT2D eigenvalue weighted by Crippen LogP contribution is -2.24. The molecule has 0 bridgehead atoms. The summed E-state index contributed by atoms with van der Waals surface area (Å²) in [5, 5.41) is 0. The van der Waals surface area contributed by atoms with E-state index in [-0.39, 0.29) is 10.8 Å². The molecule has 0 saturated carbocycles. The highest BCUT2D eigenvalue weighted by atomic mass is 32.1. The minimum Gasteiger partial charge on any atom is -0.389 e. The third kappa shape index (κ3) is 2.06.